The van der Waals surface area contributed by atoms with Gasteiger partial charge < -0.3 is 38.8 Å². The van der Waals surface area contributed by atoms with Gasteiger partial charge in [-0.1, -0.05) is 0 Å². The second-order valence-corrected chi connectivity index (χ2v) is 17.6. The SMILES string of the molecule is CCN(CC(=O)NCC(F)F)C(=O)c1ccc2c(c1)c1c(n2C)CCC(C2CCOCC2)C1.CCN(CC(=O)O)C(=O)c1ccc2c(c1)c1c(n2C)CCC(C2CCOCC2)C1. The Morgan fingerprint density at radius 3 is 1.53 bits per heavy atom. The van der Waals surface area contributed by atoms with Crippen molar-refractivity contribution in [3.05, 3.63) is 70.0 Å². The van der Waals surface area contributed by atoms with Gasteiger partial charge in [0.25, 0.3) is 18.2 Å². The highest BCUT2D eigenvalue weighted by Crippen LogP contribution is 2.41. The minimum atomic E-state index is -2.61. The Kier molecular flexibility index (Phi) is 14.7. The molecule has 0 radical (unpaired) electrons. The van der Waals surface area contributed by atoms with Crippen LogP contribution in [0.1, 0.15) is 95.6 Å². The van der Waals surface area contributed by atoms with Crippen molar-refractivity contribution in [1.82, 2.24) is 24.3 Å². The van der Waals surface area contributed by atoms with Crippen LogP contribution in [0.25, 0.3) is 21.8 Å². The maximum atomic E-state index is 13.2. The molecule has 2 aromatic heterocycles. The number of aromatic nitrogens is 2. The number of hydrogen-bond acceptors (Lipinski definition) is 6. The molecule has 14 heteroatoms. The number of halogens is 2. The third kappa shape index (κ3) is 9.86. The van der Waals surface area contributed by atoms with Crippen molar-refractivity contribution < 1.29 is 42.5 Å². The Hall–Kier alpha value is -4.82. The molecule has 8 rings (SSSR count). The zero-order valence-corrected chi connectivity index (χ0v) is 36.7. The fraction of sp³-hybridized carbons (Fsp3) is 0.583. The van der Waals surface area contributed by atoms with Crippen LogP contribution in [0.3, 0.4) is 0 Å². The van der Waals surface area contributed by atoms with Gasteiger partial charge in [0, 0.05) is 97.9 Å². The van der Waals surface area contributed by atoms with Gasteiger partial charge in [-0.25, -0.2) is 8.78 Å². The smallest absolute Gasteiger partial charge is 0.323 e. The predicted molar refractivity (Wildman–Crippen MR) is 234 cm³/mol. The fourth-order valence-electron chi connectivity index (χ4n) is 10.7. The number of amides is 3. The van der Waals surface area contributed by atoms with E-state index in [1.165, 1.54) is 45.2 Å². The number of carbonyl (C=O) groups excluding carboxylic acids is 3. The molecule has 2 aliphatic heterocycles. The van der Waals surface area contributed by atoms with E-state index in [1.54, 1.807) is 13.0 Å². The van der Waals surface area contributed by atoms with Crippen LogP contribution >= 0.6 is 0 Å². The number of alkyl halides is 2. The summed E-state index contributed by atoms with van der Waals surface area (Å²) in [6, 6.07) is 11.5. The number of hydrogen-bond donors (Lipinski definition) is 2. The first-order valence-corrected chi connectivity index (χ1v) is 22.6. The first kappa shape index (κ1) is 45.2. The summed E-state index contributed by atoms with van der Waals surface area (Å²) >= 11 is 0. The minimum absolute atomic E-state index is 0.216. The third-order valence-electron chi connectivity index (χ3n) is 14.1. The summed E-state index contributed by atoms with van der Waals surface area (Å²) in [6.07, 6.45) is 8.51. The van der Waals surface area contributed by atoms with Crippen LogP contribution in [0.4, 0.5) is 8.78 Å². The van der Waals surface area contributed by atoms with Gasteiger partial charge in [-0.05, 0) is 149 Å². The molecule has 2 N–H and O–H groups in total. The summed E-state index contributed by atoms with van der Waals surface area (Å²) in [4.78, 5) is 51.9. The van der Waals surface area contributed by atoms with E-state index in [-0.39, 0.29) is 24.9 Å². The molecule has 2 unspecified atom stereocenters. The number of carboxylic acid groups (broad SMARTS) is 1. The lowest BCUT2D eigenvalue weighted by molar-refractivity contribution is -0.137. The number of carbonyl (C=O) groups is 4. The fourth-order valence-corrected chi connectivity index (χ4v) is 10.7. The van der Waals surface area contributed by atoms with Gasteiger partial charge in [-0.3, -0.25) is 19.2 Å². The molecule has 2 saturated heterocycles. The maximum absolute atomic E-state index is 13.2. The Balaban J connectivity index is 0.000000188. The minimum Gasteiger partial charge on any atom is -0.480 e. The van der Waals surface area contributed by atoms with Crippen molar-refractivity contribution in [2.45, 2.75) is 84.5 Å². The summed E-state index contributed by atoms with van der Waals surface area (Å²) in [5, 5.41) is 13.5. The molecule has 336 valence electrons. The van der Waals surface area contributed by atoms with Crippen LogP contribution < -0.4 is 5.32 Å². The molecule has 3 amide bonds. The van der Waals surface area contributed by atoms with E-state index in [0.29, 0.717) is 42.0 Å². The second-order valence-electron chi connectivity index (χ2n) is 17.6. The highest BCUT2D eigenvalue weighted by atomic mass is 19.3. The summed E-state index contributed by atoms with van der Waals surface area (Å²) in [7, 11) is 4.20. The average molecular weight is 860 g/mol. The standard InChI is InChI=1S/C25H33F2N3O3.C23H30N2O4/c1-3-30(15-24(31)28-14-23(26)27)25(32)18-5-7-22-20(13-18)19-12-17(4-6-21(19)29(22)2)16-8-10-33-11-9-16;1-3-25(14-22(26)27)23(28)17-5-7-21-19(13-17)18-12-16(4-6-20(18)24(21)2)15-8-10-29-11-9-15/h5,7,13,16-17,23H,3-4,6,8-12,14-15H2,1-2H3,(H,28,31);5,7,13,15-16H,3-4,6,8-12,14H2,1-2H3,(H,26,27). The first-order chi connectivity index (χ1) is 29.9. The van der Waals surface area contributed by atoms with E-state index in [2.05, 4.69) is 28.5 Å². The summed E-state index contributed by atoms with van der Waals surface area (Å²) in [5.74, 6) is 0.679. The van der Waals surface area contributed by atoms with E-state index in [9.17, 15) is 28.0 Å². The van der Waals surface area contributed by atoms with Crippen molar-refractivity contribution in [2.75, 3.05) is 59.2 Å². The summed E-state index contributed by atoms with van der Waals surface area (Å²) < 4.78 is 40.4. The van der Waals surface area contributed by atoms with E-state index in [1.807, 2.05) is 37.3 Å². The third-order valence-corrected chi connectivity index (χ3v) is 14.1. The number of aryl methyl sites for hydroxylation is 2. The van der Waals surface area contributed by atoms with Gasteiger partial charge >= 0.3 is 5.97 Å². The largest absolute Gasteiger partial charge is 0.480 e. The number of likely N-dealkylation sites (N-methyl/N-ethyl adjacent to an activating group) is 2. The predicted octanol–water partition coefficient (Wildman–Crippen LogP) is 6.81. The normalized spacial score (nSPS) is 19.4. The molecule has 4 aromatic rings. The molecule has 2 aromatic carbocycles. The Morgan fingerprint density at radius 2 is 1.13 bits per heavy atom. The molecule has 0 saturated carbocycles. The maximum Gasteiger partial charge on any atom is 0.323 e. The van der Waals surface area contributed by atoms with Gasteiger partial charge in [-0.2, -0.15) is 0 Å². The van der Waals surface area contributed by atoms with Gasteiger partial charge in [0.15, 0.2) is 0 Å². The molecule has 4 aliphatic rings. The number of nitrogens with zero attached hydrogens (tertiary/aromatic N) is 4. The Morgan fingerprint density at radius 1 is 0.694 bits per heavy atom. The monoisotopic (exact) mass is 859 g/mol. The van der Waals surface area contributed by atoms with Crippen LogP contribution in [-0.4, -0.2) is 113 Å². The number of fused-ring (bicyclic) bond motifs is 6. The Bertz CT molecular complexity index is 2260. The topological polar surface area (TPSA) is 135 Å². The molecule has 62 heavy (non-hydrogen) atoms. The highest BCUT2D eigenvalue weighted by molar-refractivity contribution is 6.01. The zero-order valence-electron chi connectivity index (χ0n) is 36.7. The first-order valence-electron chi connectivity index (χ1n) is 22.6. The molecule has 2 atom stereocenters. The zero-order chi connectivity index (χ0) is 44.1. The van der Waals surface area contributed by atoms with Crippen molar-refractivity contribution in [1.29, 1.82) is 0 Å². The van der Waals surface area contributed by atoms with E-state index < -0.39 is 24.8 Å². The highest BCUT2D eigenvalue weighted by Gasteiger charge is 2.33. The van der Waals surface area contributed by atoms with Crippen LogP contribution in [0.2, 0.25) is 0 Å². The molecule has 2 aliphatic carbocycles. The van der Waals surface area contributed by atoms with Crippen LogP contribution in [0, 0.1) is 23.7 Å². The Labute approximate surface area is 362 Å². The molecule has 0 bridgehead atoms. The van der Waals surface area contributed by atoms with Gasteiger partial charge in [-0.15, -0.1) is 0 Å². The quantitative estimate of drug-likeness (QED) is 0.160. The van der Waals surface area contributed by atoms with Crippen molar-refractivity contribution in [2.24, 2.45) is 37.8 Å². The average Bonchev–Trinajstić information content (AvgIpc) is 3.74. The number of ether oxygens (including phenoxy) is 2. The number of carboxylic acids is 1. The van der Waals surface area contributed by atoms with Gasteiger partial charge in [0.1, 0.15) is 6.54 Å². The van der Waals surface area contributed by atoms with E-state index >= 15 is 0 Å². The van der Waals surface area contributed by atoms with Gasteiger partial charge in [0.2, 0.25) is 5.91 Å². The van der Waals surface area contributed by atoms with Gasteiger partial charge in [0.05, 0.1) is 13.1 Å². The molecule has 2 fully saturated rings. The molecular formula is C48H63F2N5O7. The van der Waals surface area contributed by atoms with Crippen LogP contribution in [0.15, 0.2) is 36.4 Å². The van der Waals surface area contributed by atoms with Crippen LogP contribution in [-0.2, 0) is 58.8 Å². The number of rotatable bonds is 12. The lowest BCUT2D eigenvalue weighted by Crippen LogP contribution is -2.41. The van der Waals surface area contributed by atoms with Crippen LogP contribution in [0.5, 0.6) is 0 Å². The van der Waals surface area contributed by atoms with E-state index in [0.717, 1.165) is 106 Å². The lowest BCUT2D eigenvalue weighted by atomic mass is 9.75. The molecule has 0 spiro atoms. The number of benzene rings is 2. The summed E-state index contributed by atoms with van der Waals surface area (Å²) in [5.41, 5.74) is 8.79. The van der Waals surface area contributed by atoms with Crippen molar-refractivity contribution >= 4 is 45.5 Å². The van der Waals surface area contributed by atoms with Crippen molar-refractivity contribution in [3.63, 3.8) is 0 Å². The molecule has 12 nitrogen and oxygen atoms in total. The molecule has 4 heterocycles. The number of aliphatic carboxylic acids is 1. The lowest BCUT2D eigenvalue weighted by Gasteiger charge is -2.33. The van der Waals surface area contributed by atoms with E-state index in [4.69, 9.17) is 14.6 Å². The van der Waals surface area contributed by atoms with Crippen molar-refractivity contribution in [3.8, 4) is 0 Å². The molecular weight excluding hydrogens is 797 g/mol. The number of nitrogens with one attached hydrogen (secondary N) is 1. The summed E-state index contributed by atoms with van der Waals surface area (Å²) in [6.45, 7) is 6.50. The second kappa shape index (κ2) is 20.1.